The van der Waals surface area contributed by atoms with Crippen LogP contribution in [0, 0.1) is 5.41 Å². The van der Waals surface area contributed by atoms with Crippen LogP contribution in [0.5, 0.6) is 0 Å². The summed E-state index contributed by atoms with van der Waals surface area (Å²) in [5.74, 6) is 0.693. The third kappa shape index (κ3) is 2.85. The van der Waals surface area contributed by atoms with Crippen LogP contribution in [0.15, 0.2) is 30.3 Å². The van der Waals surface area contributed by atoms with E-state index in [1.807, 2.05) is 0 Å². The molecule has 0 amide bonds. The lowest BCUT2D eigenvalue weighted by atomic mass is 9.86. The standard InChI is InChI=1S/C17H25NO/c19-14-17(9-4-5-10-17)13-18-11-8-16(12-18)15-6-2-1-3-7-15/h1-3,6-7,16,19H,4-5,8-14H2. The number of aliphatic hydroxyl groups excluding tert-OH is 1. The maximum absolute atomic E-state index is 9.73. The second-order valence-corrected chi connectivity index (χ2v) is 6.50. The minimum absolute atomic E-state index is 0.214. The van der Waals surface area contributed by atoms with Crippen LogP contribution in [0.25, 0.3) is 0 Å². The van der Waals surface area contributed by atoms with E-state index in [-0.39, 0.29) is 5.41 Å². The van der Waals surface area contributed by atoms with Crippen molar-refractivity contribution >= 4 is 0 Å². The van der Waals surface area contributed by atoms with Gasteiger partial charge in [-0.1, -0.05) is 43.2 Å². The largest absolute Gasteiger partial charge is 0.396 e. The molecule has 1 N–H and O–H groups in total. The average Bonchev–Trinajstić information content (AvgIpc) is 3.10. The molecule has 2 nitrogen and oxygen atoms in total. The zero-order chi connectivity index (χ0) is 13.1. The van der Waals surface area contributed by atoms with Crippen molar-refractivity contribution in [3.63, 3.8) is 0 Å². The van der Waals surface area contributed by atoms with E-state index in [1.165, 1.54) is 50.8 Å². The minimum Gasteiger partial charge on any atom is -0.396 e. The van der Waals surface area contributed by atoms with Crippen molar-refractivity contribution in [2.24, 2.45) is 5.41 Å². The Bertz CT molecular complexity index is 397. The molecule has 0 bridgehead atoms. The molecule has 1 aromatic carbocycles. The predicted octanol–water partition coefficient (Wildman–Crippen LogP) is 3.03. The van der Waals surface area contributed by atoms with Gasteiger partial charge in [-0.25, -0.2) is 0 Å². The van der Waals surface area contributed by atoms with Gasteiger partial charge in [0.15, 0.2) is 0 Å². The number of likely N-dealkylation sites (tertiary alicyclic amines) is 1. The molecule has 0 radical (unpaired) electrons. The summed E-state index contributed by atoms with van der Waals surface area (Å²) in [6, 6.07) is 10.9. The van der Waals surface area contributed by atoms with E-state index < -0.39 is 0 Å². The highest BCUT2D eigenvalue weighted by Gasteiger charge is 2.37. The Morgan fingerprint density at radius 2 is 1.89 bits per heavy atom. The Kier molecular flexibility index (Phi) is 3.90. The van der Waals surface area contributed by atoms with Crippen LogP contribution < -0.4 is 0 Å². The summed E-state index contributed by atoms with van der Waals surface area (Å²) >= 11 is 0. The summed E-state index contributed by atoms with van der Waals surface area (Å²) in [6.07, 6.45) is 6.31. The van der Waals surface area contributed by atoms with Gasteiger partial charge in [0.05, 0.1) is 0 Å². The minimum atomic E-state index is 0.214. The molecule has 1 saturated heterocycles. The van der Waals surface area contributed by atoms with Crippen LogP contribution >= 0.6 is 0 Å². The predicted molar refractivity (Wildman–Crippen MR) is 78.2 cm³/mol. The highest BCUT2D eigenvalue weighted by atomic mass is 16.3. The summed E-state index contributed by atoms with van der Waals surface area (Å²) in [7, 11) is 0. The molecule has 19 heavy (non-hydrogen) atoms. The lowest BCUT2D eigenvalue weighted by molar-refractivity contribution is 0.0878. The van der Waals surface area contributed by atoms with Crippen LogP contribution in [0.2, 0.25) is 0 Å². The lowest BCUT2D eigenvalue weighted by Crippen LogP contribution is -2.37. The third-order valence-electron chi connectivity index (χ3n) is 5.10. The van der Waals surface area contributed by atoms with E-state index in [9.17, 15) is 5.11 Å². The molecule has 1 aromatic rings. The van der Waals surface area contributed by atoms with Crippen LogP contribution in [0.3, 0.4) is 0 Å². The second kappa shape index (κ2) is 5.64. The maximum atomic E-state index is 9.73. The number of nitrogens with zero attached hydrogens (tertiary/aromatic N) is 1. The first-order valence-corrected chi connectivity index (χ1v) is 7.69. The molecule has 3 rings (SSSR count). The summed E-state index contributed by atoms with van der Waals surface area (Å²) in [5, 5.41) is 9.73. The van der Waals surface area contributed by atoms with Crippen molar-refractivity contribution in [3.8, 4) is 0 Å². The van der Waals surface area contributed by atoms with Crippen LogP contribution in [-0.2, 0) is 0 Å². The van der Waals surface area contributed by atoms with Gasteiger partial charge in [0.2, 0.25) is 0 Å². The molecule has 0 aromatic heterocycles. The van der Waals surface area contributed by atoms with Crippen molar-refractivity contribution in [1.82, 2.24) is 4.90 Å². The highest BCUT2D eigenvalue weighted by Crippen LogP contribution is 2.40. The Morgan fingerprint density at radius 1 is 1.16 bits per heavy atom. The fourth-order valence-corrected chi connectivity index (χ4v) is 3.94. The molecule has 1 unspecified atom stereocenters. The molecular weight excluding hydrogens is 234 g/mol. The van der Waals surface area contributed by atoms with E-state index in [1.54, 1.807) is 0 Å². The van der Waals surface area contributed by atoms with E-state index in [4.69, 9.17) is 0 Å². The summed E-state index contributed by atoms with van der Waals surface area (Å²) in [6.45, 7) is 3.85. The first-order chi connectivity index (χ1) is 9.31. The van der Waals surface area contributed by atoms with Gasteiger partial charge in [0.1, 0.15) is 0 Å². The topological polar surface area (TPSA) is 23.5 Å². The average molecular weight is 259 g/mol. The van der Waals surface area contributed by atoms with Crippen molar-refractivity contribution in [3.05, 3.63) is 35.9 Å². The van der Waals surface area contributed by atoms with E-state index >= 15 is 0 Å². The van der Waals surface area contributed by atoms with E-state index in [0.717, 1.165) is 6.54 Å². The molecule has 1 aliphatic heterocycles. The molecule has 1 aliphatic carbocycles. The number of rotatable bonds is 4. The van der Waals surface area contributed by atoms with Gasteiger partial charge < -0.3 is 10.0 Å². The summed E-state index contributed by atoms with van der Waals surface area (Å²) in [5.41, 5.74) is 1.69. The van der Waals surface area contributed by atoms with E-state index in [2.05, 4.69) is 35.2 Å². The summed E-state index contributed by atoms with van der Waals surface area (Å²) < 4.78 is 0. The molecule has 0 spiro atoms. The zero-order valence-electron chi connectivity index (χ0n) is 11.7. The molecule has 2 aliphatic rings. The Balaban J connectivity index is 1.60. The molecule has 104 valence electrons. The normalized spacial score (nSPS) is 26.9. The van der Waals surface area contributed by atoms with Gasteiger partial charge in [-0.15, -0.1) is 0 Å². The number of hydrogen-bond acceptors (Lipinski definition) is 2. The van der Waals surface area contributed by atoms with Gasteiger partial charge in [0, 0.05) is 25.1 Å². The Hall–Kier alpha value is -0.860. The molecule has 1 heterocycles. The molecule has 2 heteroatoms. The molecule has 1 atom stereocenters. The lowest BCUT2D eigenvalue weighted by Gasteiger charge is -2.31. The number of aliphatic hydroxyl groups is 1. The Labute approximate surface area is 116 Å². The zero-order valence-corrected chi connectivity index (χ0v) is 11.7. The SMILES string of the molecule is OCC1(CN2CCC(c3ccccc3)C2)CCCC1. The smallest absolute Gasteiger partial charge is 0.0499 e. The van der Waals surface area contributed by atoms with Gasteiger partial charge in [-0.3, -0.25) is 0 Å². The summed E-state index contributed by atoms with van der Waals surface area (Å²) in [4.78, 5) is 2.58. The number of hydrogen-bond donors (Lipinski definition) is 1. The van der Waals surface area contributed by atoms with Gasteiger partial charge in [0.25, 0.3) is 0 Å². The van der Waals surface area contributed by atoms with Crippen molar-refractivity contribution < 1.29 is 5.11 Å². The first kappa shape index (κ1) is 13.1. The van der Waals surface area contributed by atoms with Gasteiger partial charge >= 0.3 is 0 Å². The van der Waals surface area contributed by atoms with Crippen LogP contribution in [0.1, 0.15) is 43.6 Å². The fraction of sp³-hybridized carbons (Fsp3) is 0.647. The van der Waals surface area contributed by atoms with Gasteiger partial charge in [-0.2, -0.15) is 0 Å². The van der Waals surface area contributed by atoms with Crippen molar-refractivity contribution in [2.75, 3.05) is 26.2 Å². The van der Waals surface area contributed by atoms with Crippen LogP contribution in [-0.4, -0.2) is 36.2 Å². The van der Waals surface area contributed by atoms with Crippen molar-refractivity contribution in [2.45, 2.75) is 38.0 Å². The third-order valence-corrected chi connectivity index (χ3v) is 5.10. The maximum Gasteiger partial charge on any atom is 0.0499 e. The first-order valence-electron chi connectivity index (χ1n) is 7.69. The quantitative estimate of drug-likeness (QED) is 0.898. The molecular formula is C17H25NO. The van der Waals surface area contributed by atoms with Crippen molar-refractivity contribution in [1.29, 1.82) is 0 Å². The number of benzene rings is 1. The molecule has 1 saturated carbocycles. The van der Waals surface area contributed by atoms with E-state index in [0.29, 0.717) is 12.5 Å². The van der Waals surface area contributed by atoms with Gasteiger partial charge in [-0.05, 0) is 37.3 Å². The van der Waals surface area contributed by atoms with Crippen LogP contribution in [0.4, 0.5) is 0 Å². The highest BCUT2D eigenvalue weighted by molar-refractivity contribution is 5.21. The monoisotopic (exact) mass is 259 g/mol. The molecule has 2 fully saturated rings. The second-order valence-electron chi connectivity index (χ2n) is 6.50. The Morgan fingerprint density at radius 3 is 2.58 bits per heavy atom. The fourth-order valence-electron chi connectivity index (χ4n) is 3.94.